The van der Waals surface area contributed by atoms with E-state index in [2.05, 4.69) is 23.3 Å². The van der Waals surface area contributed by atoms with Gasteiger partial charge in [0, 0.05) is 18.3 Å². The number of nitrogens with one attached hydrogen (secondary N) is 2. The maximum Gasteiger partial charge on any atom is 0.237 e. The molecule has 0 aliphatic carbocycles. The van der Waals surface area contributed by atoms with Crippen LogP contribution >= 0.6 is 12.6 Å². The summed E-state index contributed by atoms with van der Waals surface area (Å²) in [5, 5.41) is 6.38. The van der Waals surface area contributed by atoms with Gasteiger partial charge in [0.15, 0.2) is 0 Å². The monoisotopic (exact) mass is 236 g/mol. The molecule has 3 nitrogen and oxygen atoms in total. The maximum atomic E-state index is 11.8. The van der Waals surface area contributed by atoms with E-state index in [-0.39, 0.29) is 11.9 Å². The smallest absolute Gasteiger partial charge is 0.237 e. The zero-order chi connectivity index (χ0) is 11.4. The van der Waals surface area contributed by atoms with Gasteiger partial charge in [0.2, 0.25) is 5.91 Å². The number of hydrogen-bond acceptors (Lipinski definition) is 3. The van der Waals surface area contributed by atoms with Gasteiger partial charge < -0.3 is 10.6 Å². The van der Waals surface area contributed by atoms with Crippen LogP contribution in [0.2, 0.25) is 0 Å². The molecule has 2 N–H and O–H groups in total. The minimum atomic E-state index is -0.0776. The summed E-state index contributed by atoms with van der Waals surface area (Å²) in [6, 6.07) is 9.84. The molecule has 0 aromatic heterocycles. The van der Waals surface area contributed by atoms with E-state index in [1.54, 1.807) is 0 Å². The molecular formula is C12H16N2OS. The van der Waals surface area contributed by atoms with Gasteiger partial charge in [-0.3, -0.25) is 4.79 Å². The van der Waals surface area contributed by atoms with Crippen LogP contribution in [0, 0.1) is 0 Å². The first-order chi connectivity index (χ1) is 7.75. The lowest BCUT2D eigenvalue weighted by Crippen LogP contribution is -2.39. The van der Waals surface area contributed by atoms with Crippen LogP contribution in [-0.4, -0.2) is 23.7 Å². The van der Waals surface area contributed by atoms with Gasteiger partial charge in [-0.2, -0.15) is 12.6 Å². The van der Waals surface area contributed by atoms with Crippen LogP contribution in [0.4, 0.5) is 0 Å². The predicted octanol–water partition coefficient (Wildman–Crippen LogP) is 0.963. The Morgan fingerprint density at radius 2 is 2.19 bits per heavy atom. The molecule has 0 saturated carbocycles. The fourth-order valence-electron chi connectivity index (χ4n) is 1.83. The summed E-state index contributed by atoms with van der Waals surface area (Å²) in [5.74, 6) is 0.0698. The second kappa shape index (κ2) is 5.37. The second-order valence-electron chi connectivity index (χ2n) is 4.05. The molecule has 0 spiro atoms. The van der Waals surface area contributed by atoms with Crippen molar-refractivity contribution in [2.45, 2.75) is 24.3 Å². The van der Waals surface area contributed by atoms with Crippen LogP contribution in [0.3, 0.4) is 0 Å². The Hall–Kier alpha value is -1.00. The largest absolute Gasteiger partial charge is 0.351 e. The highest BCUT2D eigenvalue weighted by Crippen LogP contribution is 2.12. The number of carbonyl (C=O) groups excluding carboxylic acids is 1. The fourth-order valence-corrected chi connectivity index (χ4v) is 2.14. The quantitative estimate of drug-likeness (QED) is 0.684. The van der Waals surface area contributed by atoms with Gasteiger partial charge in [-0.1, -0.05) is 30.3 Å². The summed E-state index contributed by atoms with van der Waals surface area (Å²) in [5.41, 5.74) is 1.12. The molecule has 1 aromatic rings. The summed E-state index contributed by atoms with van der Waals surface area (Å²) in [6.07, 6.45) is 0.809. The predicted molar refractivity (Wildman–Crippen MR) is 67.5 cm³/mol. The standard InChI is InChI=1S/C12H16N2OS/c15-12(11-6-10(16)8-13-11)14-7-9-4-2-1-3-5-9/h1-5,10-11,13,16H,6-8H2,(H,14,15). The SMILES string of the molecule is O=C(NCc1ccccc1)C1CC(S)CN1. The van der Waals surface area contributed by atoms with Crippen LogP contribution in [0.1, 0.15) is 12.0 Å². The highest BCUT2D eigenvalue weighted by Gasteiger charge is 2.26. The third-order valence-electron chi connectivity index (χ3n) is 2.73. The van der Waals surface area contributed by atoms with Crippen molar-refractivity contribution in [3.63, 3.8) is 0 Å². The third kappa shape index (κ3) is 3.00. The van der Waals surface area contributed by atoms with Gasteiger partial charge in [-0.05, 0) is 12.0 Å². The van der Waals surface area contributed by atoms with Gasteiger partial charge in [0.25, 0.3) is 0 Å². The average molecular weight is 236 g/mol. The van der Waals surface area contributed by atoms with Crippen molar-refractivity contribution >= 4 is 18.5 Å². The molecule has 2 rings (SSSR count). The van der Waals surface area contributed by atoms with Crippen molar-refractivity contribution in [3.8, 4) is 0 Å². The number of benzene rings is 1. The number of rotatable bonds is 3. The summed E-state index contributed by atoms with van der Waals surface area (Å²) in [4.78, 5) is 11.8. The van der Waals surface area contributed by atoms with Crippen molar-refractivity contribution in [2.24, 2.45) is 0 Å². The Kier molecular flexibility index (Phi) is 3.85. The van der Waals surface area contributed by atoms with Gasteiger partial charge in [-0.15, -0.1) is 0 Å². The van der Waals surface area contributed by atoms with E-state index in [4.69, 9.17) is 0 Å². The lowest BCUT2D eigenvalue weighted by atomic mass is 10.2. The topological polar surface area (TPSA) is 41.1 Å². The molecule has 4 heteroatoms. The summed E-state index contributed by atoms with van der Waals surface area (Å²) >= 11 is 4.34. The van der Waals surface area contributed by atoms with Crippen molar-refractivity contribution in [3.05, 3.63) is 35.9 Å². The normalized spacial score (nSPS) is 24.3. The molecule has 1 heterocycles. The molecule has 1 fully saturated rings. The van der Waals surface area contributed by atoms with Crippen molar-refractivity contribution in [1.29, 1.82) is 0 Å². The van der Waals surface area contributed by atoms with E-state index < -0.39 is 0 Å². The lowest BCUT2D eigenvalue weighted by molar-refractivity contribution is -0.122. The van der Waals surface area contributed by atoms with E-state index in [1.165, 1.54) is 0 Å². The Bertz CT molecular complexity index is 355. The molecule has 0 bridgehead atoms. The van der Waals surface area contributed by atoms with Crippen LogP contribution in [0.15, 0.2) is 30.3 Å². The minimum absolute atomic E-state index is 0.0698. The zero-order valence-electron chi connectivity index (χ0n) is 9.02. The Balaban J connectivity index is 1.80. The first kappa shape index (κ1) is 11.5. The molecule has 16 heavy (non-hydrogen) atoms. The Morgan fingerprint density at radius 1 is 1.44 bits per heavy atom. The molecule has 2 unspecified atom stereocenters. The Labute approximate surface area is 101 Å². The molecule has 1 aliphatic heterocycles. The molecule has 1 aliphatic rings. The van der Waals surface area contributed by atoms with Crippen molar-refractivity contribution in [2.75, 3.05) is 6.54 Å². The fraction of sp³-hybridized carbons (Fsp3) is 0.417. The Morgan fingerprint density at radius 3 is 2.81 bits per heavy atom. The van der Waals surface area contributed by atoms with Crippen LogP contribution in [-0.2, 0) is 11.3 Å². The van der Waals surface area contributed by atoms with Crippen LogP contribution in [0.5, 0.6) is 0 Å². The van der Waals surface area contributed by atoms with Crippen LogP contribution < -0.4 is 10.6 Å². The number of carbonyl (C=O) groups is 1. The zero-order valence-corrected chi connectivity index (χ0v) is 9.91. The van der Waals surface area contributed by atoms with E-state index in [9.17, 15) is 4.79 Å². The molecule has 1 amide bonds. The molecule has 1 saturated heterocycles. The molecule has 0 radical (unpaired) electrons. The summed E-state index contributed by atoms with van der Waals surface area (Å²) in [6.45, 7) is 1.40. The third-order valence-corrected chi connectivity index (χ3v) is 3.13. The van der Waals surface area contributed by atoms with E-state index in [0.29, 0.717) is 11.8 Å². The highest BCUT2D eigenvalue weighted by molar-refractivity contribution is 7.81. The van der Waals surface area contributed by atoms with Crippen LogP contribution in [0.25, 0.3) is 0 Å². The van der Waals surface area contributed by atoms with E-state index >= 15 is 0 Å². The van der Waals surface area contributed by atoms with Gasteiger partial charge >= 0.3 is 0 Å². The maximum absolute atomic E-state index is 11.8. The number of hydrogen-bond donors (Lipinski definition) is 3. The van der Waals surface area contributed by atoms with Gasteiger partial charge in [-0.25, -0.2) is 0 Å². The highest BCUT2D eigenvalue weighted by atomic mass is 32.1. The number of amides is 1. The van der Waals surface area contributed by atoms with Crippen molar-refractivity contribution < 1.29 is 4.79 Å². The lowest BCUT2D eigenvalue weighted by Gasteiger charge is -2.10. The summed E-state index contributed by atoms with van der Waals surface area (Å²) < 4.78 is 0. The average Bonchev–Trinajstić information content (AvgIpc) is 2.74. The first-order valence-corrected chi connectivity index (χ1v) is 6.00. The first-order valence-electron chi connectivity index (χ1n) is 5.49. The number of thiol groups is 1. The van der Waals surface area contributed by atoms with Gasteiger partial charge in [0.05, 0.1) is 6.04 Å². The van der Waals surface area contributed by atoms with E-state index in [0.717, 1.165) is 18.5 Å². The molecule has 2 atom stereocenters. The van der Waals surface area contributed by atoms with E-state index in [1.807, 2.05) is 30.3 Å². The minimum Gasteiger partial charge on any atom is -0.351 e. The molecule has 1 aromatic carbocycles. The van der Waals surface area contributed by atoms with Gasteiger partial charge in [0.1, 0.15) is 0 Å². The van der Waals surface area contributed by atoms with Crippen molar-refractivity contribution in [1.82, 2.24) is 10.6 Å². The molecular weight excluding hydrogens is 220 g/mol. The summed E-state index contributed by atoms with van der Waals surface area (Å²) in [7, 11) is 0. The second-order valence-corrected chi connectivity index (χ2v) is 4.78. The molecule has 86 valence electrons.